The zero-order valence-corrected chi connectivity index (χ0v) is 19.3. The zero-order chi connectivity index (χ0) is 23.4. The Morgan fingerprint density at radius 2 is 1.52 bits per heavy atom. The highest BCUT2D eigenvalue weighted by Crippen LogP contribution is 2.40. The van der Waals surface area contributed by atoms with Crippen molar-refractivity contribution in [3.63, 3.8) is 0 Å². The van der Waals surface area contributed by atoms with Gasteiger partial charge in [-0.3, -0.25) is 9.59 Å². The van der Waals surface area contributed by atoms with E-state index in [2.05, 4.69) is 0 Å². The molecule has 2 aliphatic rings. The lowest BCUT2D eigenvalue weighted by Gasteiger charge is -2.31. The van der Waals surface area contributed by atoms with Crippen molar-refractivity contribution in [3.05, 3.63) is 53.6 Å². The molecule has 0 aromatic heterocycles. The molecule has 8 nitrogen and oxygen atoms in total. The standard InChI is InChI=1S/C25H30N2O6/c1-30-18-6-4-17(5-7-18)24(28)27-15-21(20-14-19(31-2)8-9-23(20)32-3)22(16-27)25(29)26-10-12-33-13-11-26/h4-9,14,21-22H,10-13,15-16H2,1-3H3/t21-,22+/m0/s1. The number of carbonyl (C=O) groups excluding carboxylic acids is 2. The van der Waals surface area contributed by atoms with Crippen LogP contribution < -0.4 is 14.2 Å². The summed E-state index contributed by atoms with van der Waals surface area (Å²) in [5, 5.41) is 0. The summed E-state index contributed by atoms with van der Waals surface area (Å²) in [6.07, 6.45) is 0. The van der Waals surface area contributed by atoms with Crippen LogP contribution in [0.5, 0.6) is 17.2 Å². The van der Waals surface area contributed by atoms with Crippen LogP contribution in [-0.2, 0) is 9.53 Å². The SMILES string of the molecule is COc1ccc(C(=O)N2C[C@@H](C(=O)N3CCOCC3)[C@H](c3cc(OC)ccc3OC)C2)cc1. The fourth-order valence-electron chi connectivity index (χ4n) is 4.60. The molecule has 0 bridgehead atoms. The van der Waals surface area contributed by atoms with Crippen molar-refractivity contribution in [2.75, 3.05) is 60.7 Å². The minimum atomic E-state index is -0.383. The smallest absolute Gasteiger partial charge is 0.253 e. The summed E-state index contributed by atoms with van der Waals surface area (Å²) in [4.78, 5) is 30.5. The number of amides is 2. The van der Waals surface area contributed by atoms with Crippen LogP contribution in [0.2, 0.25) is 0 Å². The molecule has 0 spiro atoms. The predicted octanol–water partition coefficient (Wildman–Crippen LogP) is 2.43. The van der Waals surface area contributed by atoms with Crippen molar-refractivity contribution in [2.45, 2.75) is 5.92 Å². The maximum absolute atomic E-state index is 13.6. The molecule has 0 radical (unpaired) electrons. The minimum absolute atomic E-state index is 0.0400. The van der Waals surface area contributed by atoms with Crippen molar-refractivity contribution in [1.29, 1.82) is 0 Å². The Balaban J connectivity index is 1.66. The lowest BCUT2D eigenvalue weighted by atomic mass is 9.87. The molecule has 2 heterocycles. The number of rotatable bonds is 6. The molecule has 2 fully saturated rings. The molecule has 0 saturated carbocycles. The lowest BCUT2D eigenvalue weighted by Crippen LogP contribution is -2.45. The number of carbonyl (C=O) groups is 2. The molecule has 8 heteroatoms. The van der Waals surface area contributed by atoms with E-state index >= 15 is 0 Å². The Morgan fingerprint density at radius 3 is 2.15 bits per heavy atom. The van der Waals surface area contributed by atoms with E-state index in [4.69, 9.17) is 18.9 Å². The molecule has 4 rings (SSSR count). The number of benzene rings is 2. The molecule has 176 valence electrons. The van der Waals surface area contributed by atoms with Crippen LogP contribution in [0.15, 0.2) is 42.5 Å². The molecule has 0 unspecified atom stereocenters. The van der Waals surface area contributed by atoms with Crippen molar-refractivity contribution in [2.24, 2.45) is 5.92 Å². The number of morpholine rings is 1. The van der Waals surface area contributed by atoms with Gasteiger partial charge < -0.3 is 28.7 Å². The lowest BCUT2D eigenvalue weighted by molar-refractivity contribution is -0.139. The first-order valence-electron chi connectivity index (χ1n) is 11.1. The van der Waals surface area contributed by atoms with Crippen LogP contribution in [0.4, 0.5) is 0 Å². The summed E-state index contributed by atoms with van der Waals surface area (Å²) in [6, 6.07) is 12.6. The third-order valence-electron chi connectivity index (χ3n) is 6.42. The molecular formula is C25H30N2O6. The summed E-state index contributed by atoms with van der Waals surface area (Å²) >= 11 is 0. The summed E-state index contributed by atoms with van der Waals surface area (Å²) < 4.78 is 21.7. The number of hydrogen-bond donors (Lipinski definition) is 0. The molecule has 2 atom stereocenters. The van der Waals surface area contributed by atoms with Gasteiger partial charge in [-0.1, -0.05) is 0 Å². The van der Waals surface area contributed by atoms with Gasteiger partial charge in [0.2, 0.25) is 5.91 Å². The van der Waals surface area contributed by atoms with Gasteiger partial charge in [0, 0.05) is 43.2 Å². The maximum atomic E-state index is 13.6. The van der Waals surface area contributed by atoms with Crippen LogP contribution in [0.25, 0.3) is 0 Å². The van der Waals surface area contributed by atoms with E-state index in [1.807, 2.05) is 23.1 Å². The Morgan fingerprint density at radius 1 is 0.848 bits per heavy atom. The summed E-state index contributed by atoms with van der Waals surface area (Å²) in [6.45, 7) is 2.93. The third kappa shape index (κ3) is 4.75. The number of methoxy groups -OCH3 is 3. The van der Waals surface area contributed by atoms with Crippen molar-refractivity contribution < 1.29 is 28.5 Å². The molecule has 2 aromatic carbocycles. The number of nitrogens with zero attached hydrogens (tertiary/aromatic N) is 2. The van der Waals surface area contributed by atoms with Crippen LogP contribution in [0.1, 0.15) is 21.8 Å². The topological polar surface area (TPSA) is 77.5 Å². The first kappa shape index (κ1) is 22.9. The van der Waals surface area contributed by atoms with Gasteiger partial charge in [-0.25, -0.2) is 0 Å². The van der Waals surface area contributed by atoms with Gasteiger partial charge in [0.05, 0.1) is 40.5 Å². The highest BCUT2D eigenvalue weighted by atomic mass is 16.5. The average molecular weight is 455 g/mol. The molecule has 0 aliphatic carbocycles. The maximum Gasteiger partial charge on any atom is 0.253 e. The fourth-order valence-corrected chi connectivity index (χ4v) is 4.60. The van der Waals surface area contributed by atoms with Gasteiger partial charge in [-0.15, -0.1) is 0 Å². The van der Waals surface area contributed by atoms with E-state index in [0.717, 1.165) is 5.56 Å². The van der Waals surface area contributed by atoms with Crippen LogP contribution in [0.3, 0.4) is 0 Å². The second-order valence-corrected chi connectivity index (χ2v) is 8.20. The number of ether oxygens (including phenoxy) is 4. The Labute approximate surface area is 194 Å². The summed E-state index contributed by atoms with van der Waals surface area (Å²) in [7, 11) is 4.81. The van der Waals surface area contributed by atoms with Crippen molar-refractivity contribution in [1.82, 2.24) is 9.80 Å². The van der Waals surface area contributed by atoms with Gasteiger partial charge in [-0.05, 0) is 42.5 Å². The van der Waals surface area contributed by atoms with Gasteiger partial charge in [0.25, 0.3) is 5.91 Å². The van der Waals surface area contributed by atoms with Crippen molar-refractivity contribution >= 4 is 11.8 Å². The zero-order valence-electron chi connectivity index (χ0n) is 19.3. The molecule has 2 saturated heterocycles. The Hall–Kier alpha value is -3.26. The van der Waals surface area contributed by atoms with Crippen molar-refractivity contribution in [3.8, 4) is 17.2 Å². The van der Waals surface area contributed by atoms with Crippen LogP contribution in [-0.4, -0.2) is 82.3 Å². The molecule has 2 aromatic rings. The van der Waals surface area contributed by atoms with E-state index < -0.39 is 0 Å². The van der Waals surface area contributed by atoms with Gasteiger partial charge in [0.15, 0.2) is 0 Å². The van der Waals surface area contributed by atoms with E-state index in [9.17, 15) is 9.59 Å². The average Bonchev–Trinajstić information content (AvgIpc) is 3.33. The first-order valence-corrected chi connectivity index (χ1v) is 11.1. The highest BCUT2D eigenvalue weighted by molar-refractivity contribution is 5.95. The first-order chi connectivity index (χ1) is 16.0. The monoisotopic (exact) mass is 454 g/mol. The molecule has 2 amide bonds. The highest BCUT2D eigenvalue weighted by Gasteiger charge is 2.43. The van der Waals surface area contributed by atoms with E-state index in [-0.39, 0.29) is 23.7 Å². The van der Waals surface area contributed by atoms with E-state index in [1.165, 1.54) is 0 Å². The van der Waals surface area contributed by atoms with E-state index in [0.29, 0.717) is 62.2 Å². The molecule has 2 aliphatic heterocycles. The second-order valence-electron chi connectivity index (χ2n) is 8.20. The van der Waals surface area contributed by atoms with Gasteiger partial charge in [0.1, 0.15) is 17.2 Å². The largest absolute Gasteiger partial charge is 0.497 e. The van der Waals surface area contributed by atoms with Gasteiger partial charge in [-0.2, -0.15) is 0 Å². The summed E-state index contributed by atoms with van der Waals surface area (Å²) in [5.41, 5.74) is 1.43. The molecule has 0 N–H and O–H groups in total. The minimum Gasteiger partial charge on any atom is -0.497 e. The molecule has 33 heavy (non-hydrogen) atoms. The predicted molar refractivity (Wildman–Crippen MR) is 122 cm³/mol. The summed E-state index contributed by atoms with van der Waals surface area (Å²) in [5.74, 6) is 1.38. The van der Waals surface area contributed by atoms with Crippen LogP contribution >= 0.6 is 0 Å². The Kier molecular flexibility index (Phi) is 7.03. The molecular weight excluding hydrogens is 424 g/mol. The second kappa shape index (κ2) is 10.1. The third-order valence-corrected chi connectivity index (χ3v) is 6.42. The normalized spacial score (nSPS) is 20.5. The Bertz CT molecular complexity index is 987. The fraction of sp³-hybridized carbons (Fsp3) is 0.440. The van der Waals surface area contributed by atoms with E-state index in [1.54, 1.807) is 50.5 Å². The number of hydrogen-bond acceptors (Lipinski definition) is 6. The van der Waals surface area contributed by atoms with Gasteiger partial charge >= 0.3 is 0 Å². The van der Waals surface area contributed by atoms with Crippen LogP contribution in [0, 0.1) is 5.92 Å². The number of likely N-dealkylation sites (tertiary alicyclic amines) is 1. The quantitative estimate of drug-likeness (QED) is 0.667.